The van der Waals surface area contributed by atoms with Gasteiger partial charge in [0.1, 0.15) is 0 Å². The third-order valence-electron chi connectivity index (χ3n) is 2.77. The van der Waals surface area contributed by atoms with Gasteiger partial charge in [0.15, 0.2) is 0 Å². The van der Waals surface area contributed by atoms with Crippen LogP contribution < -0.4 is 0 Å². The van der Waals surface area contributed by atoms with E-state index in [2.05, 4.69) is 0 Å². The van der Waals surface area contributed by atoms with Crippen LogP contribution in [0.15, 0.2) is 0 Å². The third-order valence-corrected chi connectivity index (χ3v) is 2.77. The lowest BCUT2D eigenvalue weighted by molar-refractivity contribution is -0.141. The number of likely N-dealkylation sites (tertiary alicyclic amines) is 1. The molecule has 1 unspecified atom stereocenters. The number of hydrogen-bond donors (Lipinski definition) is 1. The van der Waals surface area contributed by atoms with Crippen molar-refractivity contribution in [1.29, 1.82) is 0 Å². The monoisotopic (exact) mass is 230 g/mol. The zero-order valence-corrected chi connectivity index (χ0v) is 9.68. The Morgan fingerprint density at radius 1 is 1.56 bits per heavy atom. The minimum Gasteiger partial charge on any atom is -0.481 e. The number of carbonyl (C=O) groups is 2. The van der Waals surface area contributed by atoms with Gasteiger partial charge >= 0.3 is 12.0 Å². The van der Waals surface area contributed by atoms with E-state index in [1.165, 1.54) is 0 Å². The van der Waals surface area contributed by atoms with Crippen molar-refractivity contribution in [3.63, 3.8) is 0 Å². The first kappa shape index (κ1) is 12.8. The summed E-state index contributed by atoms with van der Waals surface area (Å²) in [5, 5.41) is 8.82. The SMILES string of the molecule is COCCN(C)C(=O)N1CCC(C(=O)O)C1. The number of ether oxygens (including phenoxy) is 1. The largest absolute Gasteiger partial charge is 0.481 e. The maximum atomic E-state index is 11.8. The van der Waals surface area contributed by atoms with Crippen molar-refractivity contribution in [1.82, 2.24) is 9.80 Å². The Balaban J connectivity index is 2.41. The highest BCUT2D eigenvalue weighted by molar-refractivity contribution is 5.77. The molecule has 1 atom stereocenters. The fourth-order valence-corrected chi connectivity index (χ4v) is 1.70. The second-order valence-corrected chi connectivity index (χ2v) is 3.97. The van der Waals surface area contributed by atoms with E-state index in [1.54, 1.807) is 24.0 Å². The average Bonchev–Trinajstić information content (AvgIpc) is 2.74. The fourth-order valence-electron chi connectivity index (χ4n) is 1.70. The Morgan fingerprint density at radius 2 is 2.25 bits per heavy atom. The molecule has 0 saturated carbocycles. The quantitative estimate of drug-likeness (QED) is 0.743. The summed E-state index contributed by atoms with van der Waals surface area (Å²) in [5.41, 5.74) is 0. The maximum Gasteiger partial charge on any atom is 0.319 e. The molecule has 92 valence electrons. The summed E-state index contributed by atoms with van der Waals surface area (Å²) in [7, 11) is 3.27. The Morgan fingerprint density at radius 3 is 2.75 bits per heavy atom. The highest BCUT2D eigenvalue weighted by Crippen LogP contribution is 2.17. The molecule has 1 fully saturated rings. The first-order chi connectivity index (χ1) is 7.56. The lowest BCUT2D eigenvalue weighted by Crippen LogP contribution is -2.41. The average molecular weight is 230 g/mol. The fraction of sp³-hybridized carbons (Fsp3) is 0.800. The molecule has 1 heterocycles. The molecule has 0 aromatic heterocycles. The van der Waals surface area contributed by atoms with Crippen LogP contribution in [0.3, 0.4) is 0 Å². The third kappa shape index (κ3) is 3.10. The number of amides is 2. The number of carboxylic acids is 1. The summed E-state index contributed by atoms with van der Waals surface area (Å²) in [5.74, 6) is -1.24. The molecule has 1 N–H and O–H groups in total. The molecular weight excluding hydrogens is 212 g/mol. The Labute approximate surface area is 94.8 Å². The number of aliphatic carboxylic acids is 1. The summed E-state index contributed by atoms with van der Waals surface area (Å²) < 4.78 is 4.88. The van der Waals surface area contributed by atoms with E-state index in [4.69, 9.17) is 9.84 Å². The van der Waals surface area contributed by atoms with Crippen LogP contribution in [-0.2, 0) is 9.53 Å². The number of urea groups is 1. The van der Waals surface area contributed by atoms with Crippen molar-refractivity contribution in [2.24, 2.45) is 5.92 Å². The molecule has 0 aromatic carbocycles. The standard InChI is InChI=1S/C10H18N2O4/c1-11(5-6-16-2)10(15)12-4-3-8(7-12)9(13)14/h8H,3-7H2,1-2H3,(H,13,14). The van der Waals surface area contributed by atoms with Crippen molar-refractivity contribution in [2.45, 2.75) is 6.42 Å². The van der Waals surface area contributed by atoms with Gasteiger partial charge in [-0.25, -0.2) is 4.79 Å². The van der Waals surface area contributed by atoms with Crippen molar-refractivity contribution >= 4 is 12.0 Å². The van der Waals surface area contributed by atoms with Gasteiger partial charge in [-0.15, -0.1) is 0 Å². The topological polar surface area (TPSA) is 70.1 Å². The Hall–Kier alpha value is -1.30. The Bertz CT molecular complexity index is 270. The molecular formula is C10H18N2O4. The summed E-state index contributed by atoms with van der Waals surface area (Å²) in [6.45, 7) is 1.83. The molecule has 6 heteroatoms. The van der Waals surface area contributed by atoms with E-state index >= 15 is 0 Å². The molecule has 0 bridgehead atoms. The molecule has 0 radical (unpaired) electrons. The number of nitrogens with zero attached hydrogens (tertiary/aromatic N) is 2. The van der Waals surface area contributed by atoms with Crippen LogP contribution in [0, 0.1) is 5.92 Å². The first-order valence-electron chi connectivity index (χ1n) is 5.28. The molecule has 0 spiro atoms. The van der Waals surface area contributed by atoms with E-state index in [-0.39, 0.29) is 6.03 Å². The zero-order valence-electron chi connectivity index (χ0n) is 9.68. The van der Waals surface area contributed by atoms with Gasteiger partial charge in [-0.2, -0.15) is 0 Å². The van der Waals surface area contributed by atoms with E-state index in [9.17, 15) is 9.59 Å². The van der Waals surface area contributed by atoms with Gasteiger partial charge < -0.3 is 19.6 Å². The van der Waals surface area contributed by atoms with Crippen molar-refractivity contribution in [3.05, 3.63) is 0 Å². The number of carbonyl (C=O) groups excluding carboxylic acids is 1. The normalized spacial score (nSPS) is 19.9. The smallest absolute Gasteiger partial charge is 0.319 e. The second kappa shape index (κ2) is 5.69. The summed E-state index contributed by atoms with van der Waals surface area (Å²) in [6.07, 6.45) is 0.541. The predicted molar refractivity (Wildman–Crippen MR) is 57.2 cm³/mol. The van der Waals surface area contributed by atoms with Crippen LogP contribution in [0.2, 0.25) is 0 Å². The zero-order chi connectivity index (χ0) is 12.1. The van der Waals surface area contributed by atoms with Gasteiger partial charge in [0, 0.05) is 33.8 Å². The van der Waals surface area contributed by atoms with Gasteiger partial charge in [-0.3, -0.25) is 4.79 Å². The second-order valence-electron chi connectivity index (χ2n) is 3.97. The van der Waals surface area contributed by atoms with Gasteiger partial charge in [0.05, 0.1) is 12.5 Å². The van der Waals surface area contributed by atoms with Crippen molar-refractivity contribution < 1.29 is 19.4 Å². The molecule has 1 rings (SSSR count). The molecule has 16 heavy (non-hydrogen) atoms. The molecule has 1 aliphatic heterocycles. The van der Waals surface area contributed by atoms with Crippen LogP contribution >= 0.6 is 0 Å². The highest BCUT2D eigenvalue weighted by atomic mass is 16.5. The van der Waals surface area contributed by atoms with Gasteiger partial charge in [-0.05, 0) is 6.42 Å². The predicted octanol–water partition coefficient (Wildman–Crippen LogP) is 0.0911. The lowest BCUT2D eigenvalue weighted by atomic mass is 10.1. The molecule has 2 amide bonds. The van der Waals surface area contributed by atoms with Crippen molar-refractivity contribution in [2.75, 3.05) is 40.4 Å². The summed E-state index contributed by atoms with van der Waals surface area (Å²) >= 11 is 0. The summed E-state index contributed by atoms with van der Waals surface area (Å²) in [6, 6.07) is -0.124. The van der Waals surface area contributed by atoms with Crippen LogP contribution in [0.4, 0.5) is 4.79 Å². The number of carboxylic acid groups (broad SMARTS) is 1. The van der Waals surface area contributed by atoms with Crippen LogP contribution in [0.25, 0.3) is 0 Å². The van der Waals surface area contributed by atoms with Gasteiger partial charge in [0.25, 0.3) is 0 Å². The lowest BCUT2D eigenvalue weighted by Gasteiger charge is -2.24. The molecule has 0 aliphatic carbocycles. The van der Waals surface area contributed by atoms with E-state index in [1.807, 2.05) is 0 Å². The summed E-state index contributed by atoms with van der Waals surface area (Å²) in [4.78, 5) is 25.7. The van der Waals surface area contributed by atoms with Gasteiger partial charge in [0.2, 0.25) is 0 Å². The number of hydrogen-bond acceptors (Lipinski definition) is 3. The van der Waals surface area contributed by atoms with Crippen LogP contribution in [0.1, 0.15) is 6.42 Å². The molecule has 6 nitrogen and oxygen atoms in total. The first-order valence-corrected chi connectivity index (χ1v) is 5.28. The maximum absolute atomic E-state index is 11.8. The minimum atomic E-state index is -0.824. The molecule has 0 aromatic rings. The number of methoxy groups -OCH3 is 1. The number of rotatable bonds is 4. The molecule has 1 saturated heterocycles. The van der Waals surface area contributed by atoms with Crippen LogP contribution in [0.5, 0.6) is 0 Å². The van der Waals surface area contributed by atoms with E-state index < -0.39 is 11.9 Å². The van der Waals surface area contributed by atoms with Gasteiger partial charge in [-0.1, -0.05) is 0 Å². The highest BCUT2D eigenvalue weighted by Gasteiger charge is 2.31. The van der Waals surface area contributed by atoms with E-state index in [0.717, 1.165) is 0 Å². The van der Waals surface area contributed by atoms with Crippen molar-refractivity contribution in [3.8, 4) is 0 Å². The Kier molecular flexibility index (Phi) is 4.54. The van der Waals surface area contributed by atoms with Crippen LogP contribution in [-0.4, -0.2) is 67.3 Å². The molecule has 1 aliphatic rings. The van der Waals surface area contributed by atoms with E-state index in [0.29, 0.717) is 32.7 Å². The number of likely N-dealkylation sites (N-methyl/N-ethyl adjacent to an activating group) is 1. The minimum absolute atomic E-state index is 0.124.